The molecule has 0 N–H and O–H groups in total. The molecule has 1 heterocycles. The molecule has 0 bridgehead atoms. The van der Waals surface area contributed by atoms with E-state index >= 15 is 0 Å². The second-order valence-electron chi connectivity index (χ2n) is 3.59. The first-order chi connectivity index (χ1) is 8.61. The fourth-order valence-corrected chi connectivity index (χ4v) is 1.70. The zero-order valence-electron chi connectivity index (χ0n) is 9.59. The number of carbonyl (C=O) groups is 1. The van der Waals surface area contributed by atoms with Crippen LogP contribution >= 0.6 is 11.6 Å². The number of halogens is 1. The number of hydrogen-bond donors (Lipinski definition) is 0. The lowest BCUT2D eigenvalue weighted by Gasteiger charge is -2.06. The Labute approximate surface area is 108 Å². The molecule has 4 nitrogen and oxygen atoms in total. The quantitative estimate of drug-likeness (QED) is 0.781. The van der Waals surface area contributed by atoms with Crippen LogP contribution in [-0.4, -0.2) is 17.6 Å². The Morgan fingerprint density at radius 2 is 1.83 bits per heavy atom. The molecule has 0 aliphatic heterocycles. The predicted octanol–water partition coefficient (Wildman–Crippen LogP) is 2.28. The van der Waals surface area contributed by atoms with Crippen LogP contribution in [0.2, 0.25) is 5.02 Å². The van der Waals surface area contributed by atoms with Gasteiger partial charge in [-0.25, -0.2) is 4.79 Å². The first kappa shape index (κ1) is 12.4. The largest absolute Gasteiger partial charge is 0.465 e. The zero-order chi connectivity index (χ0) is 13.1. The van der Waals surface area contributed by atoms with Gasteiger partial charge in [-0.3, -0.25) is 9.36 Å². The van der Waals surface area contributed by atoms with Crippen molar-refractivity contribution in [1.29, 1.82) is 0 Å². The standard InChI is InChI=1S/C13H10ClNO3/c1-18-13(17)9-2-5-11(6-3-9)15-8-10(14)4-7-12(15)16/h2-8H,1H3. The lowest BCUT2D eigenvalue weighted by molar-refractivity contribution is 0.0601. The molecule has 0 aliphatic carbocycles. The van der Waals surface area contributed by atoms with Crippen LogP contribution in [0.3, 0.4) is 0 Å². The molecule has 0 fully saturated rings. The van der Waals surface area contributed by atoms with Crippen molar-refractivity contribution in [3.05, 3.63) is 63.5 Å². The van der Waals surface area contributed by atoms with Crippen LogP contribution < -0.4 is 5.56 Å². The molecule has 2 rings (SSSR count). The van der Waals surface area contributed by atoms with Crippen molar-refractivity contribution in [3.63, 3.8) is 0 Å². The maximum absolute atomic E-state index is 11.7. The summed E-state index contributed by atoms with van der Waals surface area (Å²) in [6, 6.07) is 9.41. The van der Waals surface area contributed by atoms with Gasteiger partial charge in [0.15, 0.2) is 0 Å². The van der Waals surface area contributed by atoms with Crippen molar-refractivity contribution >= 4 is 17.6 Å². The highest BCUT2D eigenvalue weighted by molar-refractivity contribution is 6.30. The van der Waals surface area contributed by atoms with Crippen molar-refractivity contribution in [2.75, 3.05) is 7.11 Å². The minimum Gasteiger partial charge on any atom is -0.465 e. The van der Waals surface area contributed by atoms with Gasteiger partial charge in [-0.05, 0) is 30.3 Å². The van der Waals surface area contributed by atoms with Crippen LogP contribution in [0.25, 0.3) is 5.69 Å². The van der Waals surface area contributed by atoms with Crippen LogP contribution in [0, 0.1) is 0 Å². The third kappa shape index (κ3) is 2.43. The van der Waals surface area contributed by atoms with E-state index in [-0.39, 0.29) is 5.56 Å². The molecular weight excluding hydrogens is 254 g/mol. The van der Waals surface area contributed by atoms with Crippen molar-refractivity contribution in [2.45, 2.75) is 0 Å². The molecule has 92 valence electrons. The monoisotopic (exact) mass is 263 g/mol. The number of aromatic nitrogens is 1. The molecule has 5 heteroatoms. The van der Waals surface area contributed by atoms with Gasteiger partial charge in [-0.1, -0.05) is 11.6 Å². The second kappa shape index (κ2) is 5.06. The molecule has 0 unspecified atom stereocenters. The number of benzene rings is 1. The molecule has 0 aliphatic rings. The van der Waals surface area contributed by atoms with E-state index in [1.54, 1.807) is 24.3 Å². The van der Waals surface area contributed by atoms with Gasteiger partial charge in [-0.15, -0.1) is 0 Å². The van der Waals surface area contributed by atoms with Gasteiger partial charge < -0.3 is 4.74 Å². The fourth-order valence-electron chi connectivity index (χ4n) is 1.54. The number of nitrogens with zero attached hydrogens (tertiary/aromatic N) is 1. The Hall–Kier alpha value is -2.07. The molecule has 1 aromatic carbocycles. The summed E-state index contributed by atoms with van der Waals surface area (Å²) in [5.74, 6) is -0.417. The maximum Gasteiger partial charge on any atom is 0.337 e. The number of methoxy groups -OCH3 is 1. The molecule has 0 saturated heterocycles. The number of ether oxygens (including phenoxy) is 1. The van der Waals surface area contributed by atoms with E-state index in [0.717, 1.165) is 0 Å². The van der Waals surface area contributed by atoms with E-state index in [4.69, 9.17) is 11.6 Å². The molecule has 0 radical (unpaired) electrons. The van der Waals surface area contributed by atoms with E-state index in [2.05, 4.69) is 4.74 Å². The van der Waals surface area contributed by atoms with E-state index in [1.807, 2.05) is 0 Å². The SMILES string of the molecule is COC(=O)c1ccc(-n2cc(Cl)ccc2=O)cc1. The van der Waals surface area contributed by atoms with Crippen LogP contribution in [-0.2, 0) is 4.74 Å². The summed E-state index contributed by atoms with van der Waals surface area (Å²) in [5, 5.41) is 0.464. The average Bonchev–Trinajstić information content (AvgIpc) is 2.41. The summed E-state index contributed by atoms with van der Waals surface area (Å²) in [4.78, 5) is 22.9. The minimum atomic E-state index is -0.417. The lowest BCUT2D eigenvalue weighted by atomic mass is 10.2. The fraction of sp³-hybridized carbons (Fsp3) is 0.0769. The average molecular weight is 264 g/mol. The number of carbonyl (C=O) groups excluding carboxylic acids is 1. The van der Waals surface area contributed by atoms with Gasteiger partial charge in [0, 0.05) is 18.0 Å². The summed E-state index contributed by atoms with van der Waals surface area (Å²) >= 11 is 5.84. The molecule has 1 aromatic heterocycles. The van der Waals surface area contributed by atoms with Gasteiger partial charge in [-0.2, -0.15) is 0 Å². The van der Waals surface area contributed by atoms with Gasteiger partial charge in [0.2, 0.25) is 0 Å². The molecule has 2 aromatic rings. The van der Waals surface area contributed by atoms with Crippen LogP contribution in [0.4, 0.5) is 0 Å². The number of rotatable bonds is 2. The van der Waals surface area contributed by atoms with E-state index in [0.29, 0.717) is 16.3 Å². The predicted molar refractivity (Wildman–Crippen MR) is 68.4 cm³/mol. The Balaban J connectivity index is 2.43. The number of pyridine rings is 1. The number of esters is 1. The van der Waals surface area contributed by atoms with E-state index in [9.17, 15) is 9.59 Å². The third-order valence-electron chi connectivity index (χ3n) is 2.44. The van der Waals surface area contributed by atoms with Crippen LogP contribution in [0.1, 0.15) is 10.4 Å². The van der Waals surface area contributed by atoms with Gasteiger partial charge in [0.05, 0.1) is 17.7 Å². The Morgan fingerprint density at radius 1 is 1.17 bits per heavy atom. The molecule has 0 saturated carbocycles. The highest BCUT2D eigenvalue weighted by atomic mass is 35.5. The summed E-state index contributed by atoms with van der Waals surface area (Å²) in [6.45, 7) is 0. The summed E-state index contributed by atoms with van der Waals surface area (Å²) in [6.07, 6.45) is 1.52. The molecule has 18 heavy (non-hydrogen) atoms. The summed E-state index contributed by atoms with van der Waals surface area (Å²) < 4.78 is 6.00. The molecule has 0 atom stereocenters. The lowest BCUT2D eigenvalue weighted by Crippen LogP contribution is -2.16. The molecule has 0 spiro atoms. The summed E-state index contributed by atoms with van der Waals surface area (Å²) in [5.41, 5.74) is 0.872. The van der Waals surface area contributed by atoms with Gasteiger partial charge in [0.25, 0.3) is 5.56 Å². The smallest absolute Gasteiger partial charge is 0.337 e. The van der Waals surface area contributed by atoms with Crippen molar-refractivity contribution in [1.82, 2.24) is 4.57 Å². The van der Waals surface area contributed by atoms with Gasteiger partial charge >= 0.3 is 5.97 Å². The molecule has 0 amide bonds. The first-order valence-electron chi connectivity index (χ1n) is 5.19. The third-order valence-corrected chi connectivity index (χ3v) is 2.67. The highest BCUT2D eigenvalue weighted by Gasteiger charge is 2.06. The van der Waals surface area contributed by atoms with Crippen LogP contribution in [0.15, 0.2) is 47.4 Å². The zero-order valence-corrected chi connectivity index (χ0v) is 10.3. The van der Waals surface area contributed by atoms with Crippen molar-refractivity contribution in [3.8, 4) is 5.69 Å². The highest BCUT2D eigenvalue weighted by Crippen LogP contribution is 2.11. The minimum absolute atomic E-state index is 0.190. The topological polar surface area (TPSA) is 48.3 Å². The number of hydrogen-bond acceptors (Lipinski definition) is 3. The second-order valence-corrected chi connectivity index (χ2v) is 4.03. The van der Waals surface area contributed by atoms with Gasteiger partial charge in [0.1, 0.15) is 0 Å². The maximum atomic E-state index is 11.7. The van der Waals surface area contributed by atoms with Crippen molar-refractivity contribution in [2.24, 2.45) is 0 Å². The normalized spacial score (nSPS) is 10.1. The first-order valence-corrected chi connectivity index (χ1v) is 5.56. The molecular formula is C13H10ClNO3. The Bertz CT molecular complexity index is 631. The van der Waals surface area contributed by atoms with Crippen molar-refractivity contribution < 1.29 is 9.53 Å². The Morgan fingerprint density at radius 3 is 2.44 bits per heavy atom. The summed E-state index contributed by atoms with van der Waals surface area (Å²) in [7, 11) is 1.32. The van der Waals surface area contributed by atoms with E-state index in [1.165, 1.54) is 30.0 Å². The van der Waals surface area contributed by atoms with E-state index < -0.39 is 5.97 Å². The Kier molecular flexibility index (Phi) is 3.48. The van der Waals surface area contributed by atoms with Crippen LogP contribution in [0.5, 0.6) is 0 Å².